The molecule has 156 valence electrons. The normalized spacial score (nSPS) is 19.0. The quantitative estimate of drug-likeness (QED) is 0.674. The lowest BCUT2D eigenvalue weighted by Crippen LogP contribution is -2.49. The zero-order chi connectivity index (χ0) is 21.3. The van der Waals surface area contributed by atoms with Crippen molar-refractivity contribution in [2.24, 2.45) is 0 Å². The zero-order valence-corrected chi connectivity index (χ0v) is 16.0. The van der Waals surface area contributed by atoms with Gasteiger partial charge in [-0.15, -0.1) is 10.2 Å². The van der Waals surface area contributed by atoms with Gasteiger partial charge in [-0.25, -0.2) is 13.6 Å². The minimum Gasteiger partial charge on any atom is -0.496 e. The summed E-state index contributed by atoms with van der Waals surface area (Å²) in [7, 11) is 1.44. The number of carbonyl (C=O) groups is 1. The molecule has 10 heteroatoms. The van der Waals surface area contributed by atoms with Crippen LogP contribution in [0.1, 0.15) is 6.42 Å². The summed E-state index contributed by atoms with van der Waals surface area (Å²) in [6, 6.07) is 5.41. The van der Waals surface area contributed by atoms with Crippen LogP contribution in [0.15, 0.2) is 36.7 Å². The number of nitrogens with one attached hydrogen (secondary N) is 1. The summed E-state index contributed by atoms with van der Waals surface area (Å²) in [4.78, 5) is 16.4. The van der Waals surface area contributed by atoms with Crippen molar-refractivity contribution in [3.63, 3.8) is 0 Å². The van der Waals surface area contributed by atoms with Gasteiger partial charge >= 0.3 is 6.09 Å². The number of fused-ring (bicyclic) bond motifs is 1. The second-order valence-corrected chi connectivity index (χ2v) is 7.02. The number of carboxylic acid groups (broad SMARTS) is 1. The Morgan fingerprint density at radius 3 is 2.87 bits per heavy atom. The largest absolute Gasteiger partial charge is 0.496 e. The summed E-state index contributed by atoms with van der Waals surface area (Å²) in [6.45, 7) is -0.0163. The van der Waals surface area contributed by atoms with Crippen molar-refractivity contribution in [1.29, 1.82) is 0 Å². The molecule has 1 aromatic carbocycles. The summed E-state index contributed by atoms with van der Waals surface area (Å²) in [5.41, 5.74) is 1.04. The number of amides is 1. The second-order valence-electron chi connectivity index (χ2n) is 7.02. The number of aromatic nitrogens is 3. The number of piperidine rings is 1. The number of hydrogen-bond donors (Lipinski definition) is 2. The fourth-order valence-corrected chi connectivity index (χ4v) is 3.66. The minimum absolute atomic E-state index is 0.132. The molecule has 2 N–H and O–H groups in total. The van der Waals surface area contributed by atoms with E-state index in [-0.39, 0.29) is 19.5 Å². The third-order valence-electron chi connectivity index (χ3n) is 5.01. The van der Waals surface area contributed by atoms with E-state index in [0.717, 1.165) is 4.90 Å². The van der Waals surface area contributed by atoms with Gasteiger partial charge in [-0.3, -0.25) is 4.98 Å². The first-order chi connectivity index (χ1) is 14.5. The van der Waals surface area contributed by atoms with E-state index in [0.29, 0.717) is 33.6 Å². The Labute approximate surface area is 170 Å². The molecule has 1 aliphatic heterocycles. The summed E-state index contributed by atoms with van der Waals surface area (Å²) in [5.74, 6) is 0.244. The Morgan fingerprint density at radius 2 is 2.10 bits per heavy atom. The van der Waals surface area contributed by atoms with E-state index in [1.165, 1.54) is 19.2 Å². The van der Waals surface area contributed by atoms with Gasteiger partial charge in [0.25, 0.3) is 0 Å². The van der Waals surface area contributed by atoms with Crippen LogP contribution < -0.4 is 10.1 Å². The number of anilines is 1. The van der Waals surface area contributed by atoms with Crippen LogP contribution in [-0.2, 0) is 0 Å². The Balaban J connectivity index is 1.72. The molecule has 2 aromatic heterocycles. The average molecular weight is 415 g/mol. The highest BCUT2D eigenvalue weighted by Gasteiger charge is 2.30. The Bertz CT molecular complexity index is 1100. The van der Waals surface area contributed by atoms with E-state index in [9.17, 15) is 18.7 Å². The lowest BCUT2D eigenvalue weighted by molar-refractivity contribution is 0.102. The smallest absolute Gasteiger partial charge is 0.407 e. The summed E-state index contributed by atoms with van der Waals surface area (Å²) in [5, 5.41) is 22.1. The molecule has 0 unspecified atom stereocenters. The van der Waals surface area contributed by atoms with E-state index >= 15 is 0 Å². The molecule has 8 nitrogen and oxygen atoms in total. The number of methoxy groups -OCH3 is 1. The number of hydrogen-bond acceptors (Lipinski definition) is 6. The molecule has 0 bridgehead atoms. The number of likely N-dealkylation sites (tertiary alicyclic amines) is 1. The molecule has 3 heterocycles. The van der Waals surface area contributed by atoms with Crippen molar-refractivity contribution in [1.82, 2.24) is 20.1 Å². The molecule has 2 atom stereocenters. The fourth-order valence-electron chi connectivity index (χ4n) is 3.66. The van der Waals surface area contributed by atoms with Crippen LogP contribution in [0.3, 0.4) is 0 Å². The van der Waals surface area contributed by atoms with Crippen LogP contribution in [0.4, 0.5) is 19.4 Å². The van der Waals surface area contributed by atoms with Crippen LogP contribution in [0.25, 0.3) is 22.0 Å². The van der Waals surface area contributed by atoms with Crippen molar-refractivity contribution < 1.29 is 23.4 Å². The number of alkyl halides is 1. The summed E-state index contributed by atoms with van der Waals surface area (Å²) >= 11 is 0. The topological polar surface area (TPSA) is 100 Å². The van der Waals surface area contributed by atoms with Gasteiger partial charge in [-0.2, -0.15) is 0 Å². The summed E-state index contributed by atoms with van der Waals surface area (Å²) in [6.07, 6.45) is 0.905. The molecule has 3 aromatic rings. The van der Waals surface area contributed by atoms with Crippen LogP contribution in [-0.4, -0.2) is 63.7 Å². The van der Waals surface area contributed by atoms with Gasteiger partial charge < -0.3 is 20.1 Å². The standard InChI is InChI=1S/C20H19F2N5O3/c1-30-17-7-11(21)2-3-15(17)18-14-4-5-23-8-16(14)19(26-25-18)24-13-6-12(22)9-27(10-13)20(28)29/h2-5,7-8,12-13H,6,9-10H2,1H3,(H,24,26)(H,28,29)/t12-,13-/m1/s1. The van der Waals surface area contributed by atoms with E-state index in [2.05, 4.69) is 20.5 Å². The van der Waals surface area contributed by atoms with Gasteiger partial charge in [-0.1, -0.05) is 0 Å². The van der Waals surface area contributed by atoms with E-state index in [1.54, 1.807) is 24.5 Å². The Kier molecular flexibility index (Phi) is 5.30. The lowest BCUT2D eigenvalue weighted by atomic mass is 10.0. The monoisotopic (exact) mass is 415 g/mol. The van der Waals surface area contributed by atoms with Gasteiger partial charge in [0.2, 0.25) is 0 Å². The molecule has 4 rings (SSSR count). The first kappa shape index (κ1) is 19.7. The number of benzene rings is 1. The number of nitrogens with zero attached hydrogens (tertiary/aromatic N) is 4. The predicted octanol–water partition coefficient (Wildman–Crippen LogP) is 3.34. The Hall–Kier alpha value is -3.56. The van der Waals surface area contributed by atoms with Gasteiger partial charge in [-0.05, 0) is 18.2 Å². The van der Waals surface area contributed by atoms with Gasteiger partial charge in [0.05, 0.1) is 13.7 Å². The number of rotatable bonds is 4. The molecule has 30 heavy (non-hydrogen) atoms. The second kappa shape index (κ2) is 8.05. The molecule has 0 aliphatic carbocycles. The molecule has 0 radical (unpaired) electrons. The zero-order valence-electron chi connectivity index (χ0n) is 16.0. The molecule has 1 fully saturated rings. The first-order valence-electron chi connectivity index (χ1n) is 9.29. The molecular formula is C20H19F2N5O3. The number of halogens is 2. The average Bonchev–Trinajstić information content (AvgIpc) is 2.74. The maximum Gasteiger partial charge on any atom is 0.407 e. The third-order valence-corrected chi connectivity index (χ3v) is 5.01. The molecule has 0 spiro atoms. The summed E-state index contributed by atoms with van der Waals surface area (Å²) < 4.78 is 32.9. The maximum atomic E-state index is 14.0. The molecule has 1 saturated heterocycles. The maximum absolute atomic E-state index is 14.0. The highest BCUT2D eigenvalue weighted by Crippen LogP contribution is 2.35. The highest BCUT2D eigenvalue weighted by molar-refractivity contribution is 6.00. The predicted molar refractivity (Wildman–Crippen MR) is 106 cm³/mol. The lowest BCUT2D eigenvalue weighted by Gasteiger charge is -2.33. The van der Waals surface area contributed by atoms with Crippen molar-refractivity contribution >= 4 is 22.7 Å². The van der Waals surface area contributed by atoms with Crippen LogP contribution in [0.5, 0.6) is 5.75 Å². The van der Waals surface area contributed by atoms with E-state index in [1.807, 2.05) is 0 Å². The van der Waals surface area contributed by atoms with Crippen LogP contribution in [0, 0.1) is 5.82 Å². The minimum atomic E-state index is -1.27. The fraction of sp³-hybridized carbons (Fsp3) is 0.300. The first-order valence-corrected chi connectivity index (χ1v) is 9.29. The van der Waals surface area contributed by atoms with Gasteiger partial charge in [0.1, 0.15) is 23.4 Å². The van der Waals surface area contributed by atoms with Crippen molar-refractivity contribution in [2.45, 2.75) is 18.6 Å². The van der Waals surface area contributed by atoms with E-state index in [4.69, 9.17) is 4.74 Å². The SMILES string of the molecule is COc1cc(F)ccc1-c1nnc(N[C@@H]2C[C@@H](F)CN(C(=O)O)C2)c2cnccc12. The van der Waals surface area contributed by atoms with Crippen molar-refractivity contribution in [2.75, 3.05) is 25.5 Å². The van der Waals surface area contributed by atoms with Crippen LogP contribution in [0.2, 0.25) is 0 Å². The van der Waals surface area contributed by atoms with Crippen molar-refractivity contribution in [3.8, 4) is 17.0 Å². The third kappa shape index (κ3) is 3.80. The number of pyridine rings is 1. The molecular weight excluding hydrogens is 396 g/mol. The molecule has 1 aliphatic rings. The molecule has 0 saturated carbocycles. The van der Waals surface area contributed by atoms with Crippen LogP contribution >= 0.6 is 0 Å². The van der Waals surface area contributed by atoms with Gasteiger partial charge in [0, 0.05) is 53.8 Å². The van der Waals surface area contributed by atoms with E-state index < -0.39 is 24.1 Å². The Morgan fingerprint density at radius 1 is 1.27 bits per heavy atom. The van der Waals surface area contributed by atoms with Gasteiger partial charge in [0.15, 0.2) is 5.82 Å². The molecule has 1 amide bonds. The highest BCUT2D eigenvalue weighted by atomic mass is 19.1. The van der Waals surface area contributed by atoms with Crippen molar-refractivity contribution in [3.05, 3.63) is 42.5 Å². The number of ether oxygens (including phenoxy) is 1.